The SMILES string of the molecule is CS(=O)(=O)c1ccc(-c2ccc3c(NC4CCOCC4)c(C#N)nnc3c2)cc1. The van der Waals surface area contributed by atoms with Crippen molar-refractivity contribution in [3.05, 3.63) is 48.2 Å². The van der Waals surface area contributed by atoms with Gasteiger partial charge in [0, 0.05) is 30.9 Å². The number of ether oxygens (including phenoxy) is 1. The number of anilines is 1. The summed E-state index contributed by atoms with van der Waals surface area (Å²) >= 11 is 0. The van der Waals surface area contributed by atoms with Gasteiger partial charge in [0.2, 0.25) is 0 Å². The molecule has 2 heterocycles. The molecule has 3 aromatic rings. The number of nitrogens with zero attached hydrogens (tertiary/aromatic N) is 3. The van der Waals surface area contributed by atoms with Crippen LogP contribution in [0.2, 0.25) is 0 Å². The van der Waals surface area contributed by atoms with Gasteiger partial charge in [0.15, 0.2) is 15.5 Å². The Morgan fingerprint density at radius 2 is 1.76 bits per heavy atom. The van der Waals surface area contributed by atoms with Crippen LogP contribution in [0.5, 0.6) is 0 Å². The molecule has 0 atom stereocenters. The van der Waals surface area contributed by atoms with Gasteiger partial charge in [-0.15, -0.1) is 10.2 Å². The van der Waals surface area contributed by atoms with Gasteiger partial charge in [-0.3, -0.25) is 0 Å². The van der Waals surface area contributed by atoms with Crippen molar-refractivity contribution in [1.82, 2.24) is 10.2 Å². The first kappa shape index (κ1) is 19.3. The fraction of sp³-hybridized carbons (Fsp3) is 0.286. The van der Waals surface area contributed by atoms with Crippen LogP contribution in [0, 0.1) is 11.3 Å². The highest BCUT2D eigenvalue weighted by Crippen LogP contribution is 2.30. The number of nitriles is 1. The molecule has 0 spiro atoms. The molecule has 1 aromatic heterocycles. The molecule has 1 aliphatic rings. The second kappa shape index (κ2) is 7.78. The van der Waals surface area contributed by atoms with Gasteiger partial charge in [0.1, 0.15) is 6.07 Å². The van der Waals surface area contributed by atoms with E-state index in [0.29, 0.717) is 24.4 Å². The van der Waals surface area contributed by atoms with Gasteiger partial charge < -0.3 is 10.1 Å². The van der Waals surface area contributed by atoms with Crippen LogP contribution >= 0.6 is 0 Å². The largest absolute Gasteiger partial charge is 0.381 e. The summed E-state index contributed by atoms with van der Waals surface area (Å²) in [6, 6.07) is 14.8. The first-order valence-corrected chi connectivity index (χ1v) is 11.2. The molecule has 2 aromatic carbocycles. The summed E-state index contributed by atoms with van der Waals surface area (Å²) < 4.78 is 28.7. The minimum absolute atomic E-state index is 0.228. The van der Waals surface area contributed by atoms with Gasteiger partial charge in [0.25, 0.3) is 0 Å². The van der Waals surface area contributed by atoms with Crippen LogP contribution in [-0.2, 0) is 14.6 Å². The number of aromatic nitrogens is 2. The first-order chi connectivity index (χ1) is 14.0. The van der Waals surface area contributed by atoms with Crippen molar-refractivity contribution in [3.63, 3.8) is 0 Å². The maximum atomic E-state index is 11.7. The van der Waals surface area contributed by atoms with Crippen molar-refractivity contribution in [2.24, 2.45) is 0 Å². The Hall–Kier alpha value is -3.02. The van der Waals surface area contributed by atoms with Crippen molar-refractivity contribution in [2.45, 2.75) is 23.8 Å². The number of benzene rings is 2. The fourth-order valence-corrected chi connectivity index (χ4v) is 4.08. The predicted molar refractivity (Wildman–Crippen MR) is 110 cm³/mol. The van der Waals surface area contributed by atoms with E-state index in [-0.39, 0.29) is 16.6 Å². The molecule has 4 rings (SSSR count). The monoisotopic (exact) mass is 408 g/mol. The maximum Gasteiger partial charge on any atom is 0.186 e. The zero-order chi connectivity index (χ0) is 20.4. The Balaban J connectivity index is 1.72. The molecule has 0 saturated carbocycles. The molecule has 1 aliphatic heterocycles. The average Bonchev–Trinajstić information content (AvgIpc) is 2.74. The van der Waals surface area contributed by atoms with Crippen molar-refractivity contribution >= 4 is 26.4 Å². The Morgan fingerprint density at radius 3 is 2.41 bits per heavy atom. The second-order valence-electron chi connectivity index (χ2n) is 7.09. The lowest BCUT2D eigenvalue weighted by molar-refractivity contribution is 0.0904. The highest BCUT2D eigenvalue weighted by molar-refractivity contribution is 7.90. The molecule has 8 heteroatoms. The molecule has 0 aliphatic carbocycles. The second-order valence-corrected chi connectivity index (χ2v) is 9.11. The smallest absolute Gasteiger partial charge is 0.186 e. The minimum atomic E-state index is -3.23. The number of fused-ring (bicyclic) bond motifs is 1. The van der Waals surface area contributed by atoms with E-state index in [4.69, 9.17) is 4.74 Å². The Bertz CT molecular complexity index is 1200. The summed E-state index contributed by atoms with van der Waals surface area (Å²) in [6.07, 6.45) is 2.94. The molecular formula is C21H20N4O3S. The number of sulfone groups is 1. The normalized spacial score (nSPS) is 15.2. The average molecular weight is 408 g/mol. The van der Waals surface area contributed by atoms with Crippen molar-refractivity contribution in [2.75, 3.05) is 24.8 Å². The molecule has 148 valence electrons. The fourth-order valence-electron chi connectivity index (χ4n) is 3.45. The van der Waals surface area contributed by atoms with Crippen LogP contribution in [0.4, 0.5) is 5.69 Å². The van der Waals surface area contributed by atoms with Gasteiger partial charge >= 0.3 is 0 Å². The first-order valence-electron chi connectivity index (χ1n) is 9.31. The molecule has 0 unspecified atom stereocenters. The summed E-state index contributed by atoms with van der Waals surface area (Å²) in [6.45, 7) is 1.40. The third kappa shape index (κ3) is 4.06. The Labute approximate surface area is 169 Å². The van der Waals surface area contributed by atoms with Gasteiger partial charge in [-0.25, -0.2) is 8.42 Å². The molecule has 1 saturated heterocycles. The molecule has 0 bridgehead atoms. The molecular weight excluding hydrogens is 388 g/mol. The van der Waals surface area contributed by atoms with E-state index >= 15 is 0 Å². The summed E-state index contributed by atoms with van der Waals surface area (Å²) in [5.41, 5.74) is 3.42. The zero-order valence-electron chi connectivity index (χ0n) is 15.9. The van der Waals surface area contributed by atoms with Gasteiger partial charge in [-0.05, 0) is 48.2 Å². The van der Waals surface area contributed by atoms with Crippen LogP contribution in [0.25, 0.3) is 22.0 Å². The number of nitrogens with one attached hydrogen (secondary N) is 1. The van der Waals surface area contributed by atoms with Crippen LogP contribution in [0.1, 0.15) is 18.5 Å². The predicted octanol–water partition coefficient (Wildman–Crippen LogP) is 3.16. The van der Waals surface area contributed by atoms with E-state index in [1.54, 1.807) is 24.3 Å². The molecule has 1 fully saturated rings. The number of rotatable bonds is 4. The quantitative estimate of drug-likeness (QED) is 0.707. The van der Waals surface area contributed by atoms with Crippen LogP contribution in [0.3, 0.4) is 0 Å². The lowest BCUT2D eigenvalue weighted by Gasteiger charge is -2.25. The van der Waals surface area contributed by atoms with Gasteiger partial charge in [-0.1, -0.05) is 18.2 Å². The van der Waals surface area contributed by atoms with E-state index in [9.17, 15) is 13.7 Å². The molecule has 29 heavy (non-hydrogen) atoms. The van der Waals surface area contributed by atoms with Crippen molar-refractivity contribution in [1.29, 1.82) is 5.26 Å². The van der Waals surface area contributed by atoms with Crippen LogP contribution in [0.15, 0.2) is 47.4 Å². The highest BCUT2D eigenvalue weighted by atomic mass is 32.2. The number of hydrogen-bond donors (Lipinski definition) is 1. The lowest BCUT2D eigenvalue weighted by Crippen LogP contribution is -2.28. The molecule has 7 nitrogen and oxygen atoms in total. The Kier molecular flexibility index (Phi) is 5.18. The van der Waals surface area contributed by atoms with E-state index < -0.39 is 9.84 Å². The van der Waals surface area contributed by atoms with Crippen molar-refractivity contribution < 1.29 is 13.2 Å². The van der Waals surface area contributed by atoms with E-state index in [1.807, 2.05) is 18.2 Å². The number of hydrogen-bond acceptors (Lipinski definition) is 7. The molecule has 1 N–H and O–H groups in total. The van der Waals surface area contributed by atoms with E-state index in [1.165, 1.54) is 6.26 Å². The Morgan fingerprint density at radius 1 is 1.07 bits per heavy atom. The third-order valence-electron chi connectivity index (χ3n) is 5.05. The maximum absolute atomic E-state index is 11.7. The summed E-state index contributed by atoms with van der Waals surface area (Å²) in [4.78, 5) is 0.281. The van der Waals surface area contributed by atoms with E-state index in [2.05, 4.69) is 21.6 Å². The zero-order valence-corrected chi connectivity index (χ0v) is 16.7. The summed E-state index contributed by atoms with van der Waals surface area (Å²) in [5, 5.41) is 22.1. The highest BCUT2D eigenvalue weighted by Gasteiger charge is 2.18. The van der Waals surface area contributed by atoms with E-state index in [0.717, 1.165) is 29.4 Å². The van der Waals surface area contributed by atoms with Crippen LogP contribution < -0.4 is 5.32 Å². The topological polar surface area (TPSA) is 105 Å². The summed E-state index contributed by atoms with van der Waals surface area (Å²) in [7, 11) is -3.23. The standard InChI is InChI=1S/C21H20N4O3S/c1-29(26,27)17-5-2-14(3-6-17)15-4-7-18-19(12-15)24-25-20(13-22)21(18)23-16-8-10-28-11-9-16/h2-7,12,16H,8-11H2,1H3,(H,23,24). The molecule has 0 radical (unpaired) electrons. The van der Waals surface area contributed by atoms with Crippen molar-refractivity contribution in [3.8, 4) is 17.2 Å². The third-order valence-corrected chi connectivity index (χ3v) is 6.18. The van der Waals surface area contributed by atoms with Crippen LogP contribution in [-0.4, -0.2) is 44.1 Å². The molecule has 0 amide bonds. The lowest BCUT2D eigenvalue weighted by atomic mass is 10.0. The van der Waals surface area contributed by atoms with Gasteiger partial charge in [-0.2, -0.15) is 5.26 Å². The van der Waals surface area contributed by atoms with Gasteiger partial charge in [0.05, 0.1) is 16.1 Å². The minimum Gasteiger partial charge on any atom is -0.381 e. The summed E-state index contributed by atoms with van der Waals surface area (Å²) in [5.74, 6) is 0.